The molecule has 0 aromatic carbocycles. The summed E-state index contributed by atoms with van der Waals surface area (Å²) in [6.45, 7) is 3.63. The minimum Gasteiger partial charge on any atom is -0.343 e. The SMILES string of the molecule is O=C(CC1CCC2(CC1)CCN(C(=O)C1CC(F)C1)CC2)N1CCCC1. The lowest BCUT2D eigenvalue weighted by molar-refractivity contribution is -0.143. The number of hydrogen-bond acceptors (Lipinski definition) is 2. The summed E-state index contributed by atoms with van der Waals surface area (Å²) in [6, 6.07) is 0. The first-order valence-electron chi connectivity index (χ1n) is 10.8. The van der Waals surface area contributed by atoms with E-state index in [1.165, 1.54) is 38.5 Å². The summed E-state index contributed by atoms with van der Waals surface area (Å²) in [5.74, 6) is 1.07. The molecule has 4 rings (SSSR count). The minimum atomic E-state index is -0.751. The molecule has 2 amide bonds. The number of hydrogen-bond donors (Lipinski definition) is 0. The van der Waals surface area contributed by atoms with Crippen molar-refractivity contribution in [3.63, 3.8) is 0 Å². The largest absolute Gasteiger partial charge is 0.343 e. The van der Waals surface area contributed by atoms with E-state index >= 15 is 0 Å². The van der Waals surface area contributed by atoms with Crippen molar-refractivity contribution in [1.29, 1.82) is 0 Å². The van der Waals surface area contributed by atoms with Crippen molar-refractivity contribution in [2.24, 2.45) is 17.3 Å². The van der Waals surface area contributed by atoms with Crippen LogP contribution in [-0.4, -0.2) is 54.0 Å². The van der Waals surface area contributed by atoms with Gasteiger partial charge in [-0.25, -0.2) is 4.39 Å². The fourth-order valence-corrected chi connectivity index (χ4v) is 5.55. The van der Waals surface area contributed by atoms with E-state index < -0.39 is 6.17 Å². The summed E-state index contributed by atoms with van der Waals surface area (Å²) in [5, 5.41) is 0. The van der Waals surface area contributed by atoms with Gasteiger partial charge in [-0.05, 0) is 75.5 Å². The normalized spacial score (nSPS) is 31.9. The Balaban J connectivity index is 1.21. The molecule has 26 heavy (non-hydrogen) atoms. The summed E-state index contributed by atoms with van der Waals surface area (Å²) >= 11 is 0. The van der Waals surface area contributed by atoms with Crippen LogP contribution in [0, 0.1) is 17.3 Å². The molecule has 2 aliphatic carbocycles. The Hall–Kier alpha value is -1.13. The highest BCUT2D eigenvalue weighted by atomic mass is 19.1. The summed E-state index contributed by atoms with van der Waals surface area (Å²) in [6.07, 6.45) is 10.1. The van der Waals surface area contributed by atoms with E-state index in [0.717, 1.165) is 45.4 Å². The Labute approximate surface area is 156 Å². The van der Waals surface area contributed by atoms with Gasteiger partial charge in [0.05, 0.1) is 0 Å². The van der Waals surface area contributed by atoms with E-state index in [4.69, 9.17) is 0 Å². The number of nitrogens with zero attached hydrogens (tertiary/aromatic N) is 2. The molecule has 2 heterocycles. The number of halogens is 1. The van der Waals surface area contributed by atoms with Gasteiger partial charge in [0.2, 0.25) is 11.8 Å². The smallest absolute Gasteiger partial charge is 0.225 e. The molecule has 0 radical (unpaired) electrons. The third-order valence-electron chi connectivity index (χ3n) is 7.65. The molecule has 0 bridgehead atoms. The zero-order valence-corrected chi connectivity index (χ0v) is 15.9. The van der Waals surface area contributed by atoms with Gasteiger partial charge in [0.1, 0.15) is 6.17 Å². The lowest BCUT2D eigenvalue weighted by atomic mass is 9.65. The first kappa shape index (κ1) is 18.2. The van der Waals surface area contributed by atoms with Crippen molar-refractivity contribution in [2.75, 3.05) is 26.2 Å². The maximum Gasteiger partial charge on any atom is 0.225 e. The maximum atomic E-state index is 13.0. The van der Waals surface area contributed by atoms with E-state index in [9.17, 15) is 14.0 Å². The van der Waals surface area contributed by atoms with Crippen LogP contribution in [-0.2, 0) is 9.59 Å². The molecule has 1 spiro atoms. The molecule has 2 aliphatic heterocycles. The number of rotatable bonds is 3. The lowest BCUT2D eigenvalue weighted by Gasteiger charge is -2.47. The third kappa shape index (κ3) is 3.77. The summed E-state index contributed by atoms with van der Waals surface area (Å²) in [7, 11) is 0. The molecule has 0 aromatic heterocycles. The van der Waals surface area contributed by atoms with Gasteiger partial charge in [-0.2, -0.15) is 0 Å². The molecular weight excluding hydrogens is 331 g/mol. The first-order chi connectivity index (χ1) is 12.5. The molecule has 0 unspecified atom stereocenters. The molecular formula is C21H33FN2O2. The molecule has 5 heteroatoms. The summed E-state index contributed by atoms with van der Waals surface area (Å²) in [4.78, 5) is 28.8. The van der Waals surface area contributed by atoms with Gasteiger partial charge in [0.25, 0.3) is 0 Å². The predicted molar refractivity (Wildman–Crippen MR) is 98.3 cm³/mol. The molecule has 4 fully saturated rings. The summed E-state index contributed by atoms with van der Waals surface area (Å²) < 4.78 is 13.0. The maximum absolute atomic E-state index is 13.0. The Kier molecular flexibility index (Phi) is 5.24. The van der Waals surface area contributed by atoms with Crippen LogP contribution in [0.15, 0.2) is 0 Å². The van der Waals surface area contributed by atoms with Crippen LogP contribution in [0.1, 0.15) is 70.6 Å². The number of carbonyl (C=O) groups excluding carboxylic acids is 2. The Morgan fingerprint density at radius 1 is 0.885 bits per heavy atom. The molecule has 0 aromatic rings. The van der Waals surface area contributed by atoms with Crippen LogP contribution in [0.25, 0.3) is 0 Å². The third-order valence-corrected chi connectivity index (χ3v) is 7.65. The highest BCUT2D eigenvalue weighted by molar-refractivity contribution is 5.80. The van der Waals surface area contributed by atoms with E-state index in [0.29, 0.717) is 30.1 Å². The van der Waals surface area contributed by atoms with E-state index in [1.807, 2.05) is 4.90 Å². The molecule has 146 valence electrons. The van der Waals surface area contributed by atoms with Gasteiger partial charge in [-0.1, -0.05) is 0 Å². The zero-order valence-electron chi connectivity index (χ0n) is 15.9. The van der Waals surface area contributed by atoms with E-state index in [2.05, 4.69) is 4.90 Å². The highest BCUT2D eigenvalue weighted by Crippen LogP contribution is 2.47. The van der Waals surface area contributed by atoms with Crippen molar-refractivity contribution in [3.05, 3.63) is 0 Å². The van der Waals surface area contributed by atoms with Crippen LogP contribution in [0.5, 0.6) is 0 Å². The van der Waals surface area contributed by atoms with Crippen LogP contribution in [0.3, 0.4) is 0 Å². The average Bonchev–Trinajstić information content (AvgIpc) is 3.16. The number of amides is 2. The zero-order chi connectivity index (χ0) is 18.1. The van der Waals surface area contributed by atoms with Crippen molar-refractivity contribution >= 4 is 11.8 Å². The Morgan fingerprint density at radius 2 is 1.50 bits per heavy atom. The highest BCUT2D eigenvalue weighted by Gasteiger charge is 2.42. The van der Waals surface area contributed by atoms with Crippen LogP contribution < -0.4 is 0 Å². The van der Waals surface area contributed by atoms with Crippen LogP contribution in [0.2, 0.25) is 0 Å². The van der Waals surface area contributed by atoms with Gasteiger partial charge in [-0.3, -0.25) is 9.59 Å². The Morgan fingerprint density at radius 3 is 2.08 bits per heavy atom. The molecule has 0 N–H and O–H groups in total. The van der Waals surface area contributed by atoms with Gasteiger partial charge in [0, 0.05) is 38.5 Å². The molecule has 4 aliphatic rings. The molecule has 2 saturated carbocycles. The topological polar surface area (TPSA) is 40.6 Å². The van der Waals surface area contributed by atoms with Crippen molar-refractivity contribution in [2.45, 2.75) is 76.8 Å². The fourth-order valence-electron chi connectivity index (χ4n) is 5.55. The average molecular weight is 365 g/mol. The standard InChI is InChI=1S/C21H33FN2O2/c22-18-14-17(15-18)20(26)24-11-7-21(8-12-24)5-3-16(4-6-21)13-19(25)23-9-1-2-10-23/h16-18H,1-15H2. The lowest BCUT2D eigenvalue weighted by Crippen LogP contribution is -2.49. The van der Waals surface area contributed by atoms with E-state index in [-0.39, 0.29) is 11.8 Å². The quantitative estimate of drug-likeness (QED) is 0.768. The second-order valence-electron chi connectivity index (χ2n) is 9.33. The number of piperidine rings is 1. The van der Waals surface area contributed by atoms with Gasteiger partial charge >= 0.3 is 0 Å². The minimum absolute atomic E-state index is 0.0496. The second-order valence-corrected chi connectivity index (χ2v) is 9.33. The van der Waals surface area contributed by atoms with Crippen LogP contribution >= 0.6 is 0 Å². The number of alkyl halides is 1. The van der Waals surface area contributed by atoms with Gasteiger partial charge < -0.3 is 9.80 Å². The molecule has 0 atom stereocenters. The van der Waals surface area contributed by atoms with Crippen molar-refractivity contribution in [3.8, 4) is 0 Å². The summed E-state index contributed by atoms with van der Waals surface area (Å²) in [5.41, 5.74) is 0.395. The Bertz CT molecular complexity index is 522. The first-order valence-corrected chi connectivity index (χ1v) is 10.8. The molecule has 2 saturated heterocycles. The number of likely N-dealkylation sites (tertiary alicyclic amines) is 2. The van der Waals surface area contributed by atoms with Crippen molar-refractivity contribution in [1.82, 2.24) is 9.80 Å². The number of carbonyl (C=O) groups is 2. The fraction of sp³-hybridized carbons (Fsp3) is 0.905. The van der Waals surface area contributed by atoms with Crippen LogP contribution in [0.4, 0.5) is 4.39 Å². The van der Waals surface area contributed by atoms with Gasteiger partial charge in [-0.15, -0.1) is 0 Å². The monoisotopic (exact) mass is 364 g/mol. The van der Waals surface area contributed by atoms with E-state index in [1.54, 1.807) is 0 Å². The van der Waals surface area contributed by atoms with Gasteiger partial charge in [0.15, 0.2) is 0 Å². The predicted octanol–water partition coefficient (Wildman–Crippen LogP) is 3.55. The van der Waals surface area contributed by atoms with Crippen molar-refractivity contribution < 1.29 is 14.0 Å². The molecule has 4 nitrogen and oxygen atoms in total. The second kappa shape index (κ2) is 7.47.